The van der Waals surface area contributed by atoms with Crippen LogP contribution in [0.15, 0.2) is 48.6 Å². The van der Waals surface area contributed by atoms with Gasteiger partial charge in [0, 0.05) is 17.0 Å². The molecule has 2 aromatic rings. The molecule has 2 heterocycles. The third kappa shape index (κ3) is 5.80. The van der Waals surface area contributed by atoms with E-state index in [4.69, 9.17) is 5.11 Å². The van der Waals surface area contributed by atoms with Crippen LogP contribution in [0, 0.1) is 0 Å². The van der Waals surface area contributed by atoms with Crippen LogP contribution in [0.25, 0.3) is 0 Å². The molecule has 154 valence electrons. The number of carboxylic acid groups (broad SMARTS) is 1. The van der Waals surface area contributed by atoms with Crippen molar-refractivity contribution in [1.82, 2.24) is 0 Å². The fourth-order valence-corrected chi connectivity index (χ4v) is 4.57. The van der Waals surface area contributed by atoms with Gasteiger partial charge < -0.3 is 10.0 Å². The van der Waals surface area contributed by atoms with Crippen molar-refractivity contribution in [3.8, 4) is 0 Å². The second-order valence-electron chi connectivity index (χ2n) is 7.55. The summed E-state index contributed by atoms with van der Waals surface area (Å²) in [4.78, 5) is 26.7. The maximum atomic E-state index is 12.5. The van der Waals surface area contributed by atoms with Crippen LogP contribution in [0.5, 0.6) is 0 Å². The normalized spacial score (nSPS) is 16.8. The Bertz CT molecular complexity index is 853. The average Bonchev–Trinajstić information content (AvgIpc) is 3.33. The van der Waals surface area contributed by atoms with Crippen molar-refractivity contribution >= 4 is 28.9 Å². The number of rotatable bonds is 10. The number of carbonyl (C=O) groups is 2. The van der Waals surface area contributed by atoms with Crippen LogP contribution in [-0.2, 0) is 17.6 Å². The predicted octanol–water partition coefficient (Wildman–Crippen LogP) is 5.86. The molecule has 1 N–H and O–H groups in total. The van der Waals surface area contributed by atoms with Crippen LogP contribution in [0.2, 0.25) is 0 Å². The molecule has 0 saturated carbocycles. The molecule has 1 aromatic carbocycles. The lowest BCUT2D eigenvalue weighted by Gasteiger charge is -2.23. The van der Waals surface area contributed by atoms with E-state index in [1.807, 2.05) is 11.0 Å². The quantitative estimate of drug-likeness (QED) is 0.393. The molecule has 0 bridgehead atoms. The fourth-order valence-electron chi connectivity index (χ4n) is 3.75. The molecule has 1 atom stereocenters. The summed E-state index contributed by atoms with van der Waals surface area (Å²) < 4.78 is 0. The SMILES string of the molecule is CCCCCCc1ccc(N2C(=O)CC[C@@H]2/C=C/Cc2ccc(C(=O)O)s2)cc1. The van der Waals surface area contributed by atoms with Crippen LogP contribution in [0.4, 0.5) is 5.69 Å². The molecule has 1 amide bonds. The molecule has 0 radical (unpaired) electrons. The molecule has 1 aliphatic heterocycles. The van der Waals surface area contributed by atoms with Crippen LogP contribution in [0.1, 0.15) is 65.6 Å². The zero-order valence-electron chi connectivity index (χ0n) is 17.0. The van der Waals surface area contributed by atoms with E-state index in [1.54, 1.807) is 6.07 Å². The summed E-state index contributed by atoms with van der Waals surface area (Å²) in [5.41, 5.74) is 2.29. The predicted molar refractivity (Wildman–Crippen MR) is 119 cm³/mol. The summed E-state index contributed by atoms with van der Waals surface area (Å²) in [5.74, 6) is -0.716. The first-order valence-corrected chi connectivity index (χ1v) is 11.3. The van der Waals surface area contributed by atoms with Crippen molar-refractivity contribution in [1.29, 1.82) is 0 Å². The largest absolute Gasteiger partial charge is 0.477 e. The Morgan fingerprint density at radius 3 is 2.66 bits per heavy atom. The molecule has 1 aliphatic rings. The van der Waals surface area contributed by atoms with E-state index in [-0.39, 0.29) is 11.9 Å². The number of benzene rings is 1. The molecule has 0 spiro atoms. The van der Waals surface area contributed by atoms with Gasteiger partial charge in [0.05, 0.1) is 6.04 Å². The summed E-state index contributed by atoms with van der Waals surface area (Å²) in [6, 6.07) is 12.0. The highest BCUT2D eigenvalue weighted by Crippen LogP contribution is 2.28. The Morgan fingerprint density at radius 1 is 1.17 bits per heavy atom. The lowest BCUT2D eigenvalue weighted by molar-refractivity contribution is -0.117. The minimum atomic E-state index is -0.883. The van der Waals surface area contributed by atoms with E-state index >= 15 is 0 Å². The lowest BCUT2D eigenvalue weighted by Crippen LogP contribution is -2.31. The molecule has 4 nitrogen and oxygen atoms in total. The monoisotopic (exact) mass is 411 g/mol. The van der Waals surface area contributed by atoms with Crippen LogP contribution < -0.4 is 4.90 Å². The standard InChI is InChI=1S/C24H29NO3S/c1-2-3-4-5-7-18-10-12-20(13-11-18)25-19(14-17-23(25)26)8-6-9-21-15-16-22(29-21)24(27)28/h6,8,10-13,15-16,19H,2-5,7,9,14,17H2,1H3,(H,27,28)/b8-6+/t19-/m0/s1. The topological polar surface area (TPSA) is 57.6 Å². The molecule has 0 aliphatic carbocycles. The minimum absolute atomic E-state index is 0.0665. The Kier molecular flexibility index (Phi) is 7.64. The Morgan fingerprint density at radius 2 is 1.97 bits per heavy atom. The maximum absolute atomic E-state index is 12.5. The number of carbonyl (C=O) groups excluding carboxylic acids is 1. The van der Waals surface area contributed by atoms with Crippen molar-refractivity contribution in [3.63, 3.8) is 0 Å². The van der Waals surface area contributed by atoms with E-state index < -0.39 is 5.97 Å². The second kappa shape index (κ2) is 10.4. The Labute approximate surface area is 176 Å². The van der Waals surface area contributed by atoms with Gasteiger partial charge in [-0.15, -0.1) is 11.3 Å². The number of allylic oxidation sites excluding steroid dienone is 1. The number of anilines is 1. The lowest BCUT2D eigenvalue weighted by atomic mass is 10.1. The van der Waals surface area contributed by atoms with Gasteiger partial charge in [-0.25, -0.2) is 4.79 Å². The van der Waals surface area contributed by atoms with Crippen molar-refractivity contribution in [2.45, 2.75) is 64.3 Å². The van der Waals surface area contributed by atoms with Crippen LogP contribution in [0.3, 0.4) is 0 Å². The number of amides is 1. The van der Waals surface area contributed by atoms with Gasteiger partial charge in [0.15, 0.2) is 0 Å². The van der Waals surface area contributed by atoms with Crippen LogP contribution in [-0.4, -0.2) is 23.0 Å². The van der Waals surface area contributed by atoms with E-state index in [2.05, 4.69) is 43.3 Å². The maximum Gasteiger partial charge on any atom is 0.345 e. The van der Waals surface area contributed by atoms with Gasteiger partial charge in [-0.3, -0.25) is 4.79 Å². The van der Waals surface area contributed by atoms with Gasteiger partial charge >= 0.3 is 5.97 Å². The smallest absolute Gasteiger partial charge is 0.345 e. The summed E-state index contributed by atoms with van der Waals surface area (Å²) in [7, 11) is 0. The molecule has 1 saturated heterocycles. The van der Waals surface area contributed by atoms with Crippen LogP contribution >= 0.6 is 11.3 Å². The van der Waals surface area contributed by atoms with Crippen molar-refractivity contribution < 1.29 is 14.7 Å². The van der Waals surface area contributed by atoms with E-state index in [0.717, 1.165) is 23.4 Å². The zero-order chi connectivity index (χ0) is 20.6. The van der Waals surface area contributed by atoms with Gasteiger partial charge in [0.2, 0.25) is 5.91 Å². The highest BCUT2D eigenvalue weighted by molar-refractivity contribution is 7.13. The number of aromatic carboxylic acids is 1. The number of hydrogen-bond donors (Lipinski definition) is 1. The molecule has 5 heteroatoms. The summed E-state index contributed by atoms with van der Waals surface area (Å²) in [6.07, 6.45) is 12.3. The Hall–Kier alpha value is -2.40. The summed E-state index contributed by atoms with van der Waals surface area (Å²) in [6.45, 7) is 2.22. The molecule has 1 fully saturated rings. The first-order valence-electron chi connectivity index (χ1n) is 10.5. The molecule has 0 unspecified atom stereocenters. The number of nitrogens with zero attached hydrogens (tertiary/aromatic N) is 1. The number of carboxylic acids is 1. The van der Waals surface area contributed by atoms with E-state index in [1.165, 1.54) is 42.6 Å². The molecular formula is C24H29NO3S. The number of thiophene rings is 1. The van der Waals surface area contributed by atoms with Gasteiger partial charge in [0.1, 0.15) is 4.88 Å². The highest BCUT2D eigenvalue weighted by Gasteiger charge is 2.30. The summed E-state index contributed by atoms with van der Waals surface area (Å²) in [5, 5.41) is 9.03. The van der Waals surface area contributed by atoms with E-state index in [0.29, 0.717) is 17.7 Å². The first kappa shape index (κ1) is 21.3. The van der Waals surface area contributed by atoms with Gasteiger partial charge in [-0.1, -0.05) is 50.5 Å². The minimum Gasteiger partial charge on any atom is -0.477 e. The number of hydrogen-bond acceptors (Lipinski definition) is 3. The average molecular weight is 412 g/mol. The van der Waals surface area contributed by atoms with Gasteiger partial charge in [-0.2, -0.15) is 0 Å². The molecule has 3 rings (SSSR count). The molecule has 29 heavy (non-hydrogen) atoms. The number of unbranched alkanes of at least 4 members (excludes halogenated alkanes) is 3. The third-order valence-electron chi connectivity index (χ3n) is 5.34. The van der Waals surface area contributed by atoms with Gasteiger partial charge in [-0.05, 0) is 55.5 Å². The third-order valence-corrected chi connectivity index (χ3v) is 6.43. The van der Waals surface area contributed by atoms with Crippen molar-refractivity contribution in [2.24, 2.45) is 0 Å². The Balaban J connectivity index is 1.59. The molecule has 1 aromatic heterocycles. The second-order valence-corrected chi connectivity index (χ2v) is 8.72. The zero-order valence-corrected chi connectivity index (χ0v) is 17.8. The highest BCUT2D eigenvalue weighted by atomic mass is 32.1. The van der Waals surface area contributed by atoms with E-state index in [9.17, 15) is 9.59 Å². The summed E-state index contributed by atoms with van der Waals surface area (Å²) >= 11 is 1.30. The van der Waals surface area contributed by atoms with Crippen molar-refractivity contribution in [3.05, 3.63) is 63.9 Å². The fraction of sp³-hybridized carbons (Fsp3) is 0.417. The van der Waals surface area contributed by atoms with Crippen molar-refractivity contribution in [2.75, 3.05) is 4.90 Å². The number of aryl methyl sites for hydroxylation is 1. The molecular weight excluding hydrogens is 382 g/mol. The van der Waals surface area contributed by atoms with Gasteiger partial charge in [0.25, 0.3) is 0 Å². The first-order chi connectivity index (χ1) is 14.1.